The highest BCUT2D eigenvalue weighted by Gasteiger charge is 2.31. The second-order valence-corrected chi connectivity index (χ2v) is 5.84. The Kier molecular flexibility index (Phi) is 4.36. The van der Waals surface area contributed by atoms with Crippen LogP contribution in [0.25, 0.3) is 23.1 Å². The Morgan fingerprint density at radius 1 is 1.38 bits per heavy atom. The summed E-state index contributed by atoms with van der Waals surface area (Å²) in [4.78, 5) is 22.0. The molecule has 0 fully saturated rings. The average molecular weight is 350 g/mol. The maximum atomic E-state index is 12.8. The predicted molar refractivity (Wildman–Crippen MR) is 93.8 cm³/mol. The van der Waals surface area contributed by atoms with E-state index in [1.807, 2.05) is 13.0 Å². The van der Waals surface area contributed by atoms with Crippen LogP contribution in [0, 0.1) is 0 Å². The number of imidazole rings is 1. The standard InChI is InChI=1S/C16H19N5O2.ClH/c1-3-7-20-15-12(18-13(19-15)11-6-5-8-23-11)14-17-10(4-2)9-21(14)16(20)22;/h5-6,8,10,17H,3-4,7,9H2,1-2H3;1H. The molecule has 1 unspecified atom stereocenters. The van der Waals surface area contributed by atoms with Gasteiger partial charge in [0.05, 0.1) is 6.26 Å². The number of hydrogen-bond donors (Lipinski definition) is 1. The van der Waals surface area contributed by atoms with E-state index in [1.165, 1.54) is 0 Å². The number of rotatable bonds is 4. The van der Waals surface area contributed by atoms with Gasteiger partial charge in [-0.15, -0.1) is 12.4 Å². The second kappa shape index (κ2) is 6.32. The van der Waals surface area contributed by atoms with Crippen molar-refractivity contribution in [3.63, 3.8) is 0 Å². The topological polar surface area (TPSA) is 77.9 Å². The number of fused-ring (bicyclic) bond motifs is 3. The monoisotopic (exact) mass is 349 g/mol. The molecule has 0 spiro atoms. The van der Waals surface area contributed by atoms with Gasteiger partial charge in [0.15, 0.2) is 17.4 Å². The Morgan fingerprint density at radius 3 is 2.88 bits per heavy atom. The lowest BCUT2D eigenvalue weighted by Gasteiger charge is -2.13. The molecule has 1 aromatic rings. The Hall–Kier alpha value is -2.28. The van der Waals surface area contributed by atoms with Gasteiger partial charge in [-0.1, -0.05) is 13.8 Å². The Balaban J connectivity index is 0.00000169. The molecule has 128 valence electrons. The first-order valence-corrected chi connectivity index (χ1v) is 8.04. The van der Waals surface area contributed by atoms with Crippen LogP contribution in [0.5, 0.6) is 0 Å². The Morgan fingerprint density at radius 2 is 2.21 bits per heavy atom. The maximum absolute atomic E-state index is 12.8. The summed E-state index contributed by atoms with van der Waals surface area (Å²) < 4.78 is 8.91. The molecule has 7 nitrogen and oxygen atoms in total. The molecule has 0 saturated carbocycles. The Labute approximate surface area is 145 Å². The summed E-state index contributed by atoms with van der Waals surface area (Å²) in [7, 11) is 0. The van der Waals surface area contributed by atoms with E-state index in [0.717, 1.165) is 24.4 Å². The lowest BCUT2D eigenvalue weighted by molar-refractivity contribution is 0.556. The van der Waals surface area contributed by atoms with Crippen LogP contribution < -0.4 is 11.0 Å². The van der Waals surface area contributed by atoms with Crippen molar-refractivity contribution in [3.8, 4) is 23.1 Å². The van der Waals surface area contributed by atoms with Crippen LogP contribution in [0.2, 0.25) is 0 Å². The molecule has 0 amide bonds. The van der Waals surface area contributed by atoms with Crippen LogP contribution in [0.15, 0.2) is 27.6 Å². The highest BCUT2D eigenvalue weighted by molar-refractivity contribution is 5.85. The SMILES string of the molecule is CCCn1c2nc(-c3ccco3)nc-2c2n(c1=O)CC(CC)N2.Cl. The summed E-state index contributed by atoms with van der Waals surface area (Å²) in [6.07, 6.45) is 3.41. The minimum atomic E-state index is -0.0244. The molecule has 3 aliphatic heterocycles. The number of hydrogen-bond acceptors (Lipinski definition) is 5. The van der Waals surface area contributed by atoms with Gasteiger partial charge in [0.2, 0.25) is 0 Å². The minimum Gasteiger partial charge on any atom is -0.461 e. The van der Waals surface area contributed by atoms with Gasteiger partial charge in [-0.25, -0.2) is 14.8 Å². The molecule has 1 atom stereocenters. The van der Waals surface area contributed by atoms with Crippen molar-refractivity contribution in [2.75, 3.05) is 5.32 Å². The first-order chi connectivity index (χ1) is 11.2. The zero-order valence-electron chi connectivity index (χ0n) is 13.7. The van der Waals surface area contributed by atoms with Crippen molar-refractivity contribution in [3.05, 3.63) is 28.9 Å². The second-order valence-electron chi connectivity index (χ2n) is 5.84. The first kappa shape index (κ1) is 16.6. The fourth-order valence-electron chi connectivity index (χ4n) is 3.09. The van der Waals surface area contributed by atoms with E-state index in [2.05, 4.69) is 22.2 Å². The molecule has 0 bridgehead atoms. The number of nitrogens with one attached hydrogen (secondary N) is 1. The molecule has 1 N–H and O–H groups in total. The molecular formula is C16H20ClN5O2. The highest BCUT2D eigenvalue weighted by Crippen LogP contribution is 2.33. The Bertz CT molecular complexity index is 868. The van der Waals surface area contributed by atoms with Crippen molar-refractivity contribution in [2.45, 2.75) is 45.8 Å². The average Bonchev–Trinajstić information content (AvgIpc) is 3.28. The smallest absolute Gasteiger partial charge is 0.331 e. The summed E-state index contributed by atoms with van der Waals surface area (Å²) in [5.74, 6) is 2.53. The summed E-state index contributed by atoms with van der Waals surface area (Å²) in [6, 6.07) is 3.89. The summed E-state index contributed by atoms with van der Waals surface area (Å²) in [5.41, 5.74) is 0.712. The van der Waals surface area contributed by atoms with Gasteiger partial charge in [-0.3, -0.25) is 9.13 Å². The maximum Gasteiger partial charge on any atom is 0.331 e. The molecule has 8 heteroatoms. The van der Waals surface area contributed by atoms with Crippen LogP contribution in [0.3, 0.4) is 0 Å². The van der Waals surface area contributed by atoms with Gasteiger partial charge >= 0.3 is 5.69 Å². The third kappa shape index (κ3) is 2.39. The lowest BCUT2D eigenvalue weighted by atomic mass is 10.2. The summed E-state index contributed by atoms with van der Waals surface area (Å²) in [6.45, 7) is 5.46. The molecule has 24 heavy (non-hydrogen) atoms. The molecule has 0 radical (unpaired) electrons. The van der Waals surface area contributed by atoms with Crippen LogP contribution in [-0.2, 0) is 13.1 Å². The van der Waals surface area contributed by atoms with Crippen molar-refractivity contribution in [1.29, 1.82) is 0 Å². The highest BCUT2D eigenvalue weighted by atomic mass is 35.5. The summed E-state index contributed by atoms with van der Waals surface area (Å²) in [5, 5.41) is 3.41. The number of anilines is 1. The normalized spacial score (nSPS) is 16.0. The molecule has 1 aromatic heterocycles. The fraction of sp³-hybridized carbons (Fsp3) is 0.438. The van der Waals surface area contributed by atoms with E-state index in [4.69, 9.17) is 4.42 Å². The number of nitrogens with zero attached hydrogens (tertiary/aromatic N) is 4. The van der Waals surface area contributed by atoms with Crippen molar-refractivity contribution in [2.24, 2.45) is 0 Å². The first-order valence-electron chi connectivity index (χ1n) is 8.04. The molecule has 4 rings (SSSR count). The molecule has 0 aromatic carbocycles. The third-order valence-electron chi connectivity index (χ3n) is 4.28. The molecule has 4 heterocycles. The molecule has 0 aliphatic carbocycles. The third-order valence-corrected chi connectivity index (χ3v) is 4.28. The van der Waals surface area contributed by atoms with Gasteiger partial charge in [0.1, 0.15) is 11.5 Å². The number of halogens is 1. The van der Waals surface area contributed by atoms with Gasteiger partial charge in [-0.2, -0.15) is 0 Å². The molecular weight excluding hydrogens is 330 g/mol. The van der Waals surface area contributed by atoms with Crippen LogP contribution >= 0.6 is 12.4 Å². The fourth-order valence-corrected chi connectivity index (χ4v) is 3.09. The quantitative estimate of drug-likeness (QED) is 0.783. The zero-order chi connectivity index (χ0) is 16.0. The number of aromatic nitrogens is 4. The van der Waals surface area contributed by atoms with Crippen LogP contribution in [0.1, 0.15) is 26.7 Å². The van der Waals surface area contributed by atoms with Gasteiger partial charge in [0.25, 0.3) is 0 Å². The zero-order valence-corrected chi connectivity index (χ0v) is 14.5. The van der Waals surface area contributed by atoms with E-state index >= 15 is 0 Å². The summed E-state index contributed by atoms with van der Waals surface area (Å²) >= 11 is 0. The van der Waals surface area contributed by atoms with E-state index in [-0.39, 0.29) is 24.1 Å². The predicted octanol–water partition coefficient (Wildman–Crippen LogP) is 2.84. The van der Waals surface area contributed by atoms with Gasteiger partial charge in [-0.05, 0) is 25.0 Å². The largest absolute Gasteiger partial charge is 0.461 e. The van der Waals surface area contributed by atoms with Crippen LogP contribution in [0.4, 0.5) is 5.82 Å². The van der Waals surface area contributed by atoms with Gasteiger partial charge < -0.3 is 9.73 Å². The minimum absolute atomic E-state index is 0. The van der Waals surface area contributed by atoms with Crippen molar-refractivity contribution < 1.29 is 4.42 Å². The van der Waals surface area contributed by atoms with E-state index < -0.39 is 0 Å². The van der Waals surface area contributed by atoms with E-state index in [1.54, 1.807) is 21.5 Å². The van der Waals surface area contributed by atoms with Crippen molar-refractivity contribution >= 4 is 18.2 Å². The lowest BCUT2D eigenvalue weighted by Crippen LogP contribution is -2.32. The van der Waals surface area contributed by atoms with Crippen LogP contribution in [-0.4, -0.2) is 25.1 Å². The van der Waals surface area contributed by atoms with Crippen molar-refractivity contribution in [1.82, 2.24) is 19.1 Å². The molecule has 3 aliphatic rings. The van der Waals surface area contributed by atoms with E-state index in [9.17, 15) is 4.79 Å². The van der Waals surface area contributed by atoms with Gasteiger partial charge in [0, 0.05) is 19.1 Å². The van der Waals surface area contributed by atoms with E-state index in [0.29, 0.717) is 30.5 Å². The molecule has 0 saturated heterocycles. The number of furan rings is 1.